The molecule has 1 aliphatic rings. The Hall–Kier alpha value is -4.17. The van der Waals surface area contributed by atoms with E-state index < -0.39 is 28.9 Å². The van der Waals surface area contributed by atoms with Crippen LogP contribution in [0.4, 0.5) is 20.2 Å². The predicted octanol–water partition coefficient (Wildman–Crippen LogP) is 5.26. The molecule has 0 atom stereocenters. The summed E-state index contributed by atoms with van der Waals surface area (Å²) in [5.74, 6) is -1.30. The van der Waals surface area contributed by atoms with Crippen molar-refractivity contribution in [2.45, 2.75) is 31.9 Å². The normalized spacial score (nSPS) is 13.2. The zero-order valence-electron chi connectivity index (χ0n) is 19.2. The fraction of sp³-hybridized carbons (Fsp3) is 0.217. The third-order valence-corrected chi connectivity index (χ3v) is 7.16. The number of primary amides is 1. The Bertz CT molecular complexity index is 1600. The molecule has 1 aromatic carbocycles. The molecular weight excluding hydrogens is 546 g/mol. The van der Waals surface area contributed by atoms with Crippen molar-refractivity contribution >= 4 is 56.3 Å². The number of alkyl halides is 2. The van der Waals surface area contributed by atoms with Crippen LogP contribution in [0.5, 0.6) is 5.75 Å². The van der Waals surface area contributed by atoms with Gasteiger partial charge in [-0.05, 0) is 42.5 Å². The van der Waals surface area contributed by atoms with Gasteiger partial charge in [0, 0.05) is 23.7 Å². The fourth-order valence-corrected chi connectivity index (χ4v) is 5.11. The molecule has 0 saturated heterocycles. The molecule has 1 fully saturated rings. The summed E-state index contributed by atoms with van der Waals surface area (Å²) in [7, 11) is 0. The first kappa shape index (κ1) is 25.5. The highest BCUT2D eigenvalue weighted by Gasteiger charge is 2.32. The maximum Gasteiger partial charge on any atom is 0.280 e. The van der Waals surface area contributed by atoms with Crippen LogP contribution in [0.15, 0.2) is 36.5 Å². The van der Waals surface area contributed by atoms with Crippen molar-refractivity contribution in [2.24, 2.45) is 5.73 Å². The number of aromatic nitrogens is 3. The van der Waals surface area contributed by atoms with E-state index in [1.807, 2.05) is 0 Å². The molecule has 1 saturated carbocycles. The number of nitrogens with zero attached hydrogens (tertiary/aromatic N) is 4. The molecule has 38 heavy (non-hydrogen) atoms. The number of ether oxygens (including phenoxy) is 1. The van der Waals surface area contributed by atoms with Gasteiger partial charge >= 0.3 is 0 Å². The standard InChI is InChI=1S/C23H17ClF2N6O5S/c24-13-7-11(32(35)36)3-4-16(13)37-9-31-6-5-14(30-31)22(34)29-18-17-12(10-1-2-10)8-15(20(25)26)28-23(17)38-19(18)21(27)33/h3-8,10,20H,1-2,9H2,(H2,27,33)(H,29,34). The van der Waals surface area contributed by atoms with Gasteiger partial charge in [0.2, 0.25) is 0 Å². The Morgan fingerprint density at radius 1 is 1.32 bits per heavy atom. The second-order valence-electron chi connectivity index (χ2n) is 8.40. The van der Waals surface area contributed by atoms with E-state index >= 15 is 0 Å². The van der Waals surface area contributed by atoms with Gasteiger partial charge in [-0.15, -0.1) is 11.3 Å². The lowest BCUT2D eigenvalue weighted by molar-refractivity contribution is -0.384. The largest absolute Gasteiger partial charge is 0.470 e. The smallest absolute Gasteiger partial charge is 0.280 e. The lowest BCUT2D eigenvalue weighted by Crippen LogP contribution is -2.18. The van der Waals surface area contributed by atoms with Gasteiger partial charge in [0.25, 0.3) is 23.9 Å². The van der Waals surface area contributed by atoms with Crippen molar-refractivity contribution in [1.29, 1.82) is 0 Å². The van der Waals surface area contributed by atoms with Crippen LogP contribution in [-0.2, 0) is 6.73 Å². The van der Waals surface area contributed by atoms with E-state index in [9.17, 15) is 28.5 Å². The minimum atomic E-state index is -2.79. The third kappa shape index (κ3) is 4.99. The number of nitro benzene ring substituents is 1. The number of hydrogen-bond acceptors (Lipinski definition) is 8. The molecule has 0 unspecified atom stereocenters. The molecule has 196 valence electrons. The Morgan fingerprint density at radius 3 is 2.71 bits per heavy atom. The number of non-ortho nitro benzene ring substituents is 1. The summed E-state index contributed by atoms with van der Waals surface area (Å²) in [6.45, 7) is -0.162. The summed E-state index contributed by atoms with van der Waals surface area (Å²) in [6.07, 6.45) is 0.252. The number of hydrogen-bond donors (Lipinski definition) is 2. The number of nitrogens with one attached hydrogen (secondary N) is 1. The van der Waals surface area contributed by atoms with Gasteiger partial charge in [0.1, 0.15) is 21.2 Å². The number of carbonyl (C=O) groups excluding carboxylic acids is 2. The Labute approximate surface area is 221 Å². The monoisotopic (exact) mass is 562 g/mol. The maximum atomic E-state index is 13.4. The first-order valence-electron chi connectivity index (χ1n) is 11.1. The molecule has 0 bridgehead atoms. The van der Waals surface area contributed by atoms with E-state index in [2.05, 4.69) is 15.4 Å². The minimum absolute atomic E-state index is 0.00950. The van der Waals surface area contributed by atoms with E-state index in [1.54, 1.807) is 0 Å². The molecule has 1 aliphatic carbocycles. The summed E-state index contributed by atoms with van der Waals surface area (Å²) >= 11 is 6.86. The lowest BCUT2D eigenvalue weighted by atomic mass is 10.0. The molecule has 3 N–H and O–H groups in total. The van der Waals surface area contributed by atoms with Crippen molar-refractivity contribution in [3.63, 3.8) is 0 Å². The zero-order valence-corrected chi connectivity index (χ0v) is 20.8. The van der Waals surface area contributed by atoms with Gasteiger partial charge in [0.15, 0.2) is 12.4 Å². The second-order valence-corrected chi connectivity index (χ2v) is 9.81. The van der Waals surface area contributed by atoms with E-state index in [0.29, 0.717) is 10.9 Å². The minimum Gasteiger partial charge on any atom is -0.470 e. The molecule has 3 aromatic heterocycles. The summed E-state index contributed by atoms with van der Waals surface area (Å²) < 4.78 is 33.7. The van der Waals surface area contributed by atoms with Crippen LogP contribution in [0.3, 0.4) is 0 Å². The van der Waals surface area contributed by atoms with Crippen LogP contribution in [-0.4, -0.2) is 31.5 Å². The SMILES string of the molecule is NC(=O)c1sc2nc(C(F)F)cc(C3CC3)c2c1NC(=O)c1ccn(COc2ccc([N+](=O)[O-])cc2Cl)n1. The number of halogens is 3. The van der Waals surface area contributed by atoms with E-state index in [4.69, 9.17) is 22.1 Å². The highest BCUT2D eigenvalue weighted by atomic mass is 35.5. The number of anilines is 1. The highest BCUT2D eigenvalue weighted by molar-refractivity contribution is 7.21. The van der Waals surface area contributed by atoms with Crippen LogP contribution in [0.2, 0.25) is 5.02 Å². The molecule has 3 heterocycles. The molecule has 2 amide bonds. The molecule has 0 aliphatic heterocycles. The first-order chi connectivity index (χ1) is 18.1. The van der Waals surface area contributed by atoms with Gasteiger partial charge in [-0.2, -0.15) is 5.10 Å². The Morgan fingerprint density at radius 2 is 2.08 bits per heavy atom. The third-order valence-electron chi connectivity index (χ3n) is 5.77. The first-order valence-corrected chi connectivity index (χ1v) is 12.3. The van der Waals surface area contributed by atoms with Gasteiger partial charge in [-0.25, -0.2) is 18.4 Å². The summed E-state index contributed by atoms with van der Waals surface area (Å²) in [4.78, 5) is 39.6. The molecule has 15 heteroatoms. The van der Waals surface area contributed by atoms with Gasteiger partial charge in [0.05, 0.1) is 15.6 Å². The second kappa shape index (κ2) is 9.95. The number of pyridine rings is 1. The van der Waals surface area contributed by atoms with Crippen molar-refractivity contribution in [2.75, 3.05) is 5.32 Å². The highest BCUT2D eigenvalue weighted by Crippen LogP contribution is 2.48. The molecular formula is C23H17ClF2N6O5S. The van der Waals surface area contributed by atoms with Crippen molar-refractivity contribution in [3.05, 3.63) is 73.5 Å². The molecule has 5 rings (SSSR count). The number of nitrogens with two attached hydrogens (primary N) is 1. The predicted molar refractivity (Wildman–Crippen MR) is 134 cm³/mol. The zero-order chi connectivity index (χ0) is 27.1. The molecule has 0 spiro atoms. The van der Waals surface area contributed by atoms with Crippen LogP contribution in [0.25, 0.3) is 10.2 Å². The van der Waals surface area contributed by atoms with Crippen molar-refractivity contribution in [1.82, 2.24) is 14.8 Å². The number of amides is 2. The molecule has 11 nitrogen and oxygen atoms in total. The number of thiophene rings is 1. The van der Waals surface area contributed by atoms with E-state index in [1.165, 1.54) is 35.1 Å². The fourth-order valence-electron chi connectivity index (χ4n) is 3.86. The Balaban J connectivity index is 1.39. The average Bonchev–Trinajstić information content (AvgIpc) is 3.49. The quantitative estimate of drug-likeness (QED) is 0.208. The van der Waals surface area contributed by atoms with Crippen LogP contribution >= 0.6 is 22.9 Å². The van der Waals surface area contributed by atoms with Crippen molar-refractivity contribution in [3.8, 4) is 5.75 Å². The summed E-state index contributed by atoms with van der Waals surface area (Å²) in [6, 6.07) is 6.45. The Kier molecular flexibility index (Phi) is 6.67. The molecule has 0 radical (unpaired) electrons. The summed E-state index contributed by atoms with van der Waals surface area (Å²) in [5, 5.41) is 18.1. The van der Waals surface area contributed by atoms with Gasteiger partial charge < -0.3 is 15.8 Å². The van der Waals surface area contributed by atoms with Crippen molar-refractivity contribution < 1.29 is 28.0 Å². The lowest BCUT2D eigenvalue weighted by Gasteiger charge is -2.10. The number of carbonyl (C=O) groups is 2. The van der Waals surface area contributed by atoms with Crippen LogP contribution in [0, 0.1) is 10.1 Å². The molecule has 4 aromatic rings. The number of benzene rings is 1. The van der Waals surface area contributed by atoms with E-state index in [0.717, 1.165) is 30.2 Å². The average molecular weight is 563 g/mol. The van der Waals surface area contributed by atoms with Crippen LogP contribution in [0.1, 0.15) is 56.6 Å². The topological polar surface area (TPSA) is 155 Å². The number of nitro groups is 1. The van der Waals surface area contributed by atoms with Gasteiger partial charge in [-0.3, -0.25) is 19.7 Å². The van der Waals surface area contributed by atoms with Gasteiger partial charge in [-0.1, -0.05) is 11.6 Å². The summed E-state index contributed by atoms with van der Waals surface area (Å²) in [5.41, 5.74) is 5.61. The van der Waals surface area contributed by atoms with E-state index in [-0.39, 0.29) is 50.2 Å². The number of fused-ring (bicyclic) bond motifs is 1. The maximum absolute atomic E-state index is 13.4. The van der Waals surface area contributed by atoms with Crippen LogP contribution < -0.4 is 15.8 Å². The number of rotatable bonds is 9.